The fourth-order valence-electron chi connectivity index (χ4n) is 2.81. The quantitative estimate of drug-likeness (QED) is 0.881. The van der Waals surface area contributed by atoms with Crippen LogP contribution in [0.2, 0.25) is 0 Å². The molecule has 5 nitrogen and oxygen atoms in total. The maximum Gasteiger partial charge on any atom is 0.0981 e. The van der Waals surface area contributed by atoms with Crippen molar-refractivity contribution in [2.75, 3.05) is 19.6 Å². The molecule has 0 amide bonds. The van der Waals surface area contributed by atoms with Gasteiger partial charge in [-0.15, -0.1) is 5.10 Å². The van der Waals surface area contributed by atoms with Crippen molar-refractivity contribution in [3.8, 4) is 0 Å². The Kier molecular flexibility index (Phi) is 3.80. The summed E-state index contributed by atoms with van der Waals surface area (Å²) in [4.78, 5) is 2.32. The smallest absolute Gasteiger partial charge is 0.0981 e. The molecule has 1 unspecified atom stereocenters. The SMILES string of the molecule is OC1(Cn2ccnn2)CCN(CCc2ccccc2)C1. The number of rotatable bonds is 5. The second kappa shape index (κ2) is 5.73. The summed E-state index contributed by atoms with van der Waals surface area (Å²) in [6.07, 6.45) is 5.26. The van der Waals surface area contributed by atoms with Crippen molar-refractivity contribution in [3.63, 3.8) is 0 Å². The Bertz CT molecular complexity index is 528. The third-order valence-electron chi connectivity index (χ3n) is 3.90. The third-order valence-corrected chi connectivity index (χ3v) is 3.90. The van der Waals surface area contributed by atoms with E-state index in [1.54, 1.807) is 17.1 Å². The Morgan fingerprint density at radius 1 is 1.25 bits per heavy atom. The van der Waals surface area contributed by atoms with Crippen LogP contribution in [0.5, 0.6) is 0 Å². The number of β-amino-alcohol motifs (C(OH)–C–C–N with tert-alkyl or cyclic N) is 1. The van der Waals surface area contributed by atoms with Crippen molar-refractivity contribution in [2.24, 2.45) is 0 Å². The number of aliphatic hydroxyl groups is 1. The lowest BCUT2D eigenvalue weighted by molar-refractivity contribution is 0.0283. The van der Waals surface area contributed by atoms with Crippen LogP contribution in [0.3, 0.4) is 0 Å². The number of nitrogens with zero attached hydrogens (tertiary/aromatic N) is 4. The maximum atomic E-state index is 10.6. The van der Waals surface area contributed by atoms with Gasteiger partial charge in [0.2, 0.25) is 0 Å². The van der Waals surface area contributed by atoms with Gasteiger partial charge in [-0.3, -0.25) is 4.90 Å². The molecule has 0 saturated carbocycles. The highest BCUT2D eigenvalue weighted by Crippen LogP contribution is 2.23. The molecule has 1 saturated heterocycles. The van der Waals surface area contributed by atoms with Crippen LogP contribution in [0.15, 0.2) is 42.7 Å². The van der Waals surface area contributed by atoms with E-state index in [-0.39, 0.29) is 0 Å². The van der Waals surface area contributed by atoms with Gasteiger partial charge in [0.25, 0.3) is 0 Å². The van der Waals surface area contributed by atoms with Gasteiger partial charge in [0, 0.05) is 25.8 Å². The van der Waals surface area contributed by atoms with Gasteiger partial charge >= 0.3 is 0 Å². The molecule has 1 aromatic heterocycles. The van der Waals surface area contributed by atoms with Crippen molar-refractivity contribution < 1.29 is 5.11 Å². The lowest BCUT2D eigenvalue weighted by Gasteiger charge is -2.23. The minimum Gasteiger partial charge on any atom is -0.387 e. The molecule has 106 valence electrons. The van der Waals surface area contributed by atoms with E-state index in [0.717, 1.165) is 25.9 Å². The van der Waals surface area contributed by atoms with Crippen LogP contribution in [-0.2, 0) is 13.0 Å². The number of hydrogen-bond donors (Lipinski definition) is 1. The zero-order chi connectivity index (χ0) is 13.8. The summed E-state index contributed by atoms with van der Waals surface area (Å²) in [5, 5.41) is 18.3. The monoisotopic (exact) mass is 272 g/mol. The van der Waals surface area contributed by atoms with Crippen LogP contribution < -0.4 is 0 Å². The first-order valence-corrected chi connectivity index (χ1v) is 7.06. The molecule has 1 aromatic carbocycles. The molecule has 1 aliphatic rings. The second-order valence-corrected chi connectivity index (χ2v) is 5.59. The van der Waals surface area contributed by atoms with Gasteiger partial charge in [-0.05, 0) is 18.4 Å². The third kappa shape index (κ3) is 3.23. The Morgan fingerprint density at radius 3 is 2.85 bits per heavy atom. The highest BCUT2D eigenvalue weighted by atomic mass is 16.3. The van der Waals surface area contributed by atoms with Crippen LogP contribution in [0, 0.1) is 0 Å². The molecule has 0 bridgehead atoms. The average Bonchev–Trinajstić information content (AvgIpc) is 3.08. The van der Waals surface area contributed by atoms with Crippen LogP contribution in [-0.4, -0.2) is 50.2 Å². The number of aromatic nitrogens is 3. The van der Waals surface area contributed by atoms with E-state index in [9.17, 15) is 5.11 Å². The fourth-order valence-corrected chi connectivity index (χ4v) is 2.81. The van der Waals surface area contributed by atoms with E-state index in [0.29, 0.717) is 13.1 Å². The molecule has 0 aliphatic carbocycles. The molecule has 2 heterocycles. The summed E-state index contributed by atoms with van der Waals surface area (Å²) in [5.74, 6) is 0. The zero-order valence-corrected chi connectivity index (χ0v) is 11.5. The van der Waals surface area contributed by atoms with Gasteiger partial charge in [0.1, 0.15) is 0 Å². The molecule has 0 spiro atoms. The Balaban J connectivity index is 1.51. The topological polar surface area (TPSA) is 54.2 Å². The number of benzene rings is 1. The van der Waals surface area contributed by atoms with E-state index < -0.39 is 5.60 Å². The zero-order valence-electron chi connectivity index (χ0n) is 11.5. The molecular formula is C15H20N4O. The first kappa shape index (κ1) is 13.3. The maximum absolute atomic E-state index is 10.6. The summed E-state index contributed by atoms with van der Waals surface area (Å²) in [5.41, 5.74) is 0.670. The molecule has 3 rings (SSSR count). The van der Waals surface area contributed by atoms with Crippen molar-refractivity contribution in [1.82, 2.24) is 19.9 Å². The molecule has 5 heteroatoms. The van der Waals surface area contributed by atoms with E-state index in [2.05, 4.69) is 39.5 Å². The van der Waals surface area contributed by atoms with Crippen molar-refractivity contribution in [2.45, 2.75) is 25.0 Å². The van der Waals surface area contributed by atoms with E-state index in [1.165, 1.54) is 5.56 Å². The summed E-state index contributed by atoms with van der Waals surface area (Å²) in [6, 6.07) is 10.5. The Morgan fingerprint density at radius 2 is 2.10 bits per heavy atom. The Labute approximate surface area is 118 Å². The molecular weight excluding hydrogens is 252 g/mol. The number of likely N-dealkylation sites (tertiary alicyclic amines) is 1. The van der Waals surface area contributed by atoms with E-state index in [1.807, 2.05) is 6.07 Å². The van der Waals surface area contributed by atoms with E-state index >= 15 is 0 Å². The first-order valence-electron chi connectivity index (χ1n) is 7.06. The molecule has 2 aromatic rings. The highest BCUT2D eigenvalue weighted by molar-refractivity contribution is 5.15. The van der Waals surface area contributed by atoms with Crippen molar-refractivity contribution in [1.29, 1.82) is 0 Å². The van der Waals surface area contributed by atoms with Gasteiger partial charge in [-0.1, -0.05) is 35.5 Å². The summed E-state index contributed by atoms with van der Waals surface area (Å²) in [6.45, 7) is 3.16. The van der Waals surface area contributed by atoms with Crippen LogP contribution >= 0.6 is 0 Å². The molecule has 20 heavy (non-hydrogen) atoms. The van der Waals surface area contributed by atoms with Gasteiger partial charge in [-0.25, -0.2) is 4.68 Å². The lowest BCUT2D eigenvalue weighted by atomic mass is 10.0. The van der Waals surface area contributed by atoms with Gasteiger partial charge in [0.15, 0.2) is 0 Å². The minimum atomic E-state index is -0.676. The predicted molar refractivity (Wildman–Crippen MR) is 76.2 cm³/mol. The molecule has 1 fully saturated rings. The average molecular weight is 272 g/mol. The van der Waals surface area contributed by atoms with Crippen LogP contribution in [0.4, 0.5) is 0 Å². The first-order chi connectivity index (χ1) is 9.73. The van der Waals surface area contributed by atoms with Gasteiger partial charge in [-0.2, -0.15) is 0 Å². The Hall–Kier alpha value is -1.72. The summed E-state index contributed by atoms with van der Waals surface area (Å²) >= 11 is 0. The van der Waals surface area contributed by atoms with Crippen LogP contribution in [0.25, 0.3) is 0 Å². The van der Waals surface area contributed by atoms with E-state index in [4.69, 9.17) is 0 Å². The molecule has 1 atom stereocenters. The van der Waals surface area contributed by atoms with Crippen LogP contribution in [0.1, 0.15) is 12.0 Å². The molecule has 1 N–H and O–H groups in total. The lowest BCUT2D eigenvalue weighted by Crippen LogP contribution is -2.38. The van der Waals surface area contributed by atoms with Crippen molar-refractivity contribution in [3.05, 3.63) is 48.3 Å². The van der Waals surface area contributed by atoms with Gasteiger partial charge in [0.05, 0.1) is 18.3 Å². The van der Waals surface area contributed by atoms with Crippen molar-refractivity contribution >= 4 is 0 Å². The van der Waals surface area contributed by atoms with Gasteiger partial charge < -0.3 is 5.11 Å². The fraction of sp³-hybridized carbons (Fsp3) is 0.467. The second-order valence-electron chi connectivity index (χ2n) is 5.59. The molecule has 0 radical (unpaired) electrons. The molecule has 1 aliphatic heterocycles. The number of hydrogen-bond acceptors (Lipinski definition) is 4. The summed E-state index contributed by atoms with van der Waals surface area (Å²) in [7, 11) is 0. The predicted octanol–water partition coefficient (Wildman–Crippen LogP) is 0.958. The summed E-state index contributed by atoms with van der Waals surface area (Å²) < 4.78 is 1.71. The largest absolute Gasteiger partial charge is 0.387 e. The normalized spacial score (nSPS) is 23.2. The standard InChI is InChI=1S/C15H20N4O/c20-15(13-19-11-8-16-17-19)7-10-18(12-15)9-6-14-4-2-1-3-5-14/h1-5,8,11,20H,6-7,9-10,12-13H2. The highest BCUT2D eigenvalue weighted by Gasteiger charge is 2.36. The minimum absolute atomic E-state index is 0.523.